The first-order valence-electron chi connectivity index (χ1n) is 3.73. The number of aromatic nitrogens is 1. The largest absolute Gasteiger partial charge is 0.399 e. The van der Waals surface area contributed by atoms with Crippen LogP contribution in [0.25, 0.3) is 10.6 Å². The van der Waals surface area contributed by atoms with Crippen LogP contribution in [0.15, 0.2) is 30.5 Å². The van der Waals surface area contributed by atoms with Crippen LogP contribution in [0.2, 0.25) is 4.34 Å². The molecule has 1 aromatic carbocycles. The summed E-state index contributed by atoms with van der Waals surface area (Å²) in [7, 11) is 0. The molecule has 2 rings (SSSR count). The minimum atomic E-state index is 0.692. The summed E-state index contributed by atoms with van der Waals surface area (Å²) in [6, 6.07) is 7.60. The van der Waals surface area contributed by atoms with E-state index in [1.807, 2.05) is 24.3 Å². The summed E-state index contributed by atoms with van der Waals surface area (Å²) in [5.41, 5.74) is 7.40. The van der Waals surface area contributed by atoms with Crippen molar-refractivity contribution in [2.24, 2.45) is 0 Å². The first kappa shape index (κ1) is 8.53. The van der Waals surface area contributed by atoms with Crippen molar-refractivity contribution in [3.8, 4) is 10.6 Å². The highest BCUT2D eigenvalue weighted by atomic mass is 35.5. The lowest BCUT2D eigenvalue weighted by Gasteiger charge is -1.96. The van der Waals surface area contributed by atoms with Gasteiger partial charge in [0.15, 0.2) is 0 Å². The molecule has 0 radical (unpaired) electrons. The Kier molecular flexibility index (Phi) is 2.20. The Morgan fingerprint density at radius 3 is 2.85 bits per heavy atom. The first-order valence-corrected chi connectivity index (χ1v) is 4.92. The van der Waals surface area contributed by atoms with Crippen molar-refractivity contribution in [1.29, 1.82) is 0 Å². The minimum absolute atomic E-state index is 0.692. The molecular formula is C9H7ClN2S. The Bertz CT molecular complexity index is 425. The molecule has 0 aliphatic heterocycles. The molecule has 2 N–H and O–H groups in total. The second kappa shape index (κ2) is 3.36. The van der Waals surface area contributed by atoms with Gasteiger partial charge in [0.2, 0.25) is 0 Å². The molecule has 2 aromatic rings. The maximum absolute atomic E-state index is 5.77. The molecule has 0 spiro atoms. The highest BCUT2D eigenvalue weighted by molar-refractivity contribution is 7.18. The molecule has 0 bridgehead atoms. The smallest absolute Gasteiger partial charge is 0.124 e. The average molecular weight is 211 g/mol. The van der Waals surface area contributed by atoms with Gasteiger partial charge in [-0.3, -0.25) is 0 Å². The van der Waals surface area contributed by atoms with Crippen molar-refractivity contribution < 1.29 is 0 Å². The van der Waals surface area contributed by atoms with Gasteiger partial charge in [0, 0.05) is 11.3 Å². The van der Waals surface area contributed by atoms with Gasteiger partial charge < -0.3 is 5.73 Å². The van der Waals surface area contributed by atoms with Crippen LogP contribution in [0.4, 0.5) is 5.69 Å². The number of anilines is 1. The van der Waals surface area contributed by atoms with Gasteiger partial charge >= 0.3 is 0 Å². The van der Waals surface area contributed by atoms with Crippen LogP contribution < -0.4 is 5.73 Å². The maximum atomic E-state index is 5.77. The third kappa shape index (κ3) is 1.82. The van der Waals surface area contributed by atoms with Gasteiger partial charge in [-0.25, -0.2) is 4.98 Å². The Morgan fingerprint density at radius 1 is 1.38 bits per heavy atom. The monoisotopic (exact) mass is 210 g/mol. The summed E-state index contributed by atoms with van der Waals surface area (Å²) in [5.74, 6) is 0. The number of hydrogen-bond donors (Lipinski definition) is 1. The second-order valence-corrected chi connectivity index (χ2v) is 4.26. The van der Waals surface area contributed by atoms with Crippen molar-refractivity contribution in [2.75, 3.05) is 5.73 Å². The zero-order valence-electron chi connectivity index (χ0n) is 6.70. The lowest BCUT2D eigenvalue weighted by atomic mass is 10.2. The van der Waals surface area contributed by atoms with E-state index in [0.717, 1.165) is 16.3 Å². The van der Waals surface area contributed by atoms with Gasteiger partial charge in [-0.1, -0.05) is 23.7 Å². The van der Waals surface area contributed by atoms with Crippen molar-refractivity contribution in [3.63, 3.8) is 0 Å². The van der Waals surface area contributed by atoms with Gasteiger partial charge in [-0.2, -0.15) is 0 Å². The van der Waals surface area contributed by atoms with Gasteiger partial charge in [0.1, 0.15) is 9.34 Å². The third-order valence-corrected chi connectivity index (χ3v) is 2.77. The van der Waals surface area contributed by atoms with E-state index in [0.29, 0.717) is 4.34 Å². The van der Waals surface area contributed by atoms with E-state index in [2.05, 4.69) is 4.98 Å². The van der Waals surface area contributed by atoms with Gasteiger partial charge in [0.25, 0.3) is 0 Å². The first-order chi connectivity index (χ1) is 6.25. The predicted molar refractivity (Wildman–Crippen MR) is 57.0 cm³/mol. The molecule has 4 heteroatoms. The quantitative estimate of drug-likeness (QED) is 0.735. The fraction of sp³-hybridized carbons (Fsp3) is 0. The van der Waals surface area contributed by atoms with Crippen LogP contribution >= 0.6 is 22.9 Å². The van der Waals surface area contributed by atoms with Crippen molar-refractivity contribution in [3.05, 3.63) is 34.8 Å². The van der Waals surface area contributed by atoms with Crippen molar-refractivity contribution in [2.45, 2.75) is 0 Å². The molecule has 0 saturated heterocycles. The van der Waals surface area contributed by atoms with E-state index < -0.39 is 0 Å². The van der Waals surface area contributed by atoms with Crippen molar-refractivity contribution in [1.82, 2.24) is 4.98 Å². The van der Waals surface area contributed by atoms with Crippen LogP contribution in [0, 0.1) is 0 Å². The number of rotatable bonds is 1. The van der Waals surface area contributed by atoms with Crippen molar-refractivity contribution >= 4 is 28.6 Å². The van der Waals surface area contributed by atoms with Crippen LogP contribution in [0.1, 0.15) is 0 Å². The number of nitrogen functional groups attached to an aromatic ring is 1. The fourth-order valence-corrected chi connectivity index (χ4v) is 1.97. The standard InChI is InChI=1S/C9H7ClN2S/c10-8-5-12-9(13-8)6-2-1-3-7(11)4-6/h1-5H,11H2. The van der Waals surface area contributed by atoms with Gasteiger partial charge in [-0.15, -0.1) is 11.3 Å². The molecule has 1 heterocycles. The highest BCUT2D eigenvalue weighted by Gasteiger charge is 2.02. The lowest BCUT2D eigenvalue weighted by molar-refractivity contribution is 1.41. The SMILES string of the molecule is Nc1cccc(-c2ncc(Cl)s2)c1. The Balaban J connectivity index is 2.46. The van der Waals surface area contributed by atoms with Crippen LogP contribution in [0.5, 0.6) is 0 Å². The molecule has 0 amide bonds. The Morgan fingerprint density at radius 2 is 2.23 bits per heavy atom. The molecule has 0 saturated carbocycles. The molecule has 0 aliphatic carbocycles. The molecule has 13 heavy (non-hydrogen) atoms. The Labute approximate surface area is 85.0 Å². The highest BCUT2D eigenvalue weighted by Crippen LogP contribution is 2.28. The van der Waals surface area contributed by atoms with Crippen LogP contribution in [-0.2, 0) is 0 Å². The maximum Gasteiger partial charge on any atom is 0.124 e. The minimum Gasteiger partial charge on any atom is -0.399 e. The fourth-order valence-electron chi connectivity index (χ4n) is 1.06. The van der Waals surface area contributed by atoms with E-state index in [-0.39, 0.29) is 0 Å². The summed E-state index contributed by atoms with van der Waals surface area (Å²) in [4.78, 5) is 4.16. The second-order valence-electron chi connectivity index (χ2n) is 2.59. The van der Waals surface area contributed by atoms with E-state index in [4.69, 9.17) is 17.3 Å². The molecule has 2 nitrogen and oxygen atoms in total. The molecule has 66 valence electrons. The summed E-state index contributed by atoms with van der Waals surface area (Å²) in [5, 5.41) is 0.900. The molecule has 0 fully saturated rings. The summed E-state index contributed by atoms with van der Waals surface area (Å²) in [6.07, 6.45) is 1.64. The lowest BCUT2D eigenvalue weighted by Crippen LogP contribution is -1.84. The summed E-state index contributed by atoms with van der Waals surface area (Å²) < 4.78 is 0.692. The molecule has 1 aromatic heterocycles. The predicted octanol–water partition coefficient (Wildman–Crippen LogP) is 3.05. The van der Waals surface area contributed by atoms with E-state index in [9.17, 15) is 0 Å². The molecule has 0 unspecified atom stereocenters. The topological polar surface area (TPSA) is 38.9 Å². The Hall–Kier alpha value is -1.06. The van der Waals surface area contributed by atoms with E-state index in [1.165, 1.54) is 11.3 Å². The number of halogens is 1. The number of hydrogen-bond acceptors (Lipinski definition) is 3. The molecular weight excluding hydrogens is 204 g/mol. The zero-order valence-corrected chi connectivity index (χ0v) is 8.27. The normalized spacial score (nSPS) is 10.2. The molecule has 0 aliphatic rings. The number of nitrogens with two attached hydrogens (primary N) is 1. The van der Waals surface area contributed by atoms with E-state index >= 15 is 0 Å². The summed E-state index contributed by atoms with van der Waals surface area (Å²) >= 11 is 7.22. The number of thiazole rings is 1. The van der Waals surface area contributed by atoms with Gasteiger partial charge in [-0.05, 0) is 12.1 Å². The number of benzene rings is 1. The molecule has 0 atom stereocenters. The third-order valence-electron chi connectivity index (χ3n) is 1.61. The van der Waals surface area contributed by atoms with Crippen LogP contribution in [-0.4, -0.2) is 4.98 Å². The van der Waals surface area contributed by atoms with Crippen LogP contribution in [0.3, 0.4) is 0 Å². The summed E-state index contributed by atoms with van der Waals surface area (Å²) in [6.45, 7) is 0. The number of nitrogens with zero attached hydrogens (tertiary/aromatic N) is 1. The van der Waals surface area contributed by atoms with E-state index in [1.54, 1.807) is 6.20 Å². The zero-order chi connectivity index (χ0) is 9.26. The van der Waals surface area contributed by atoms with Gasteiger partial charge in [0.05, 0.1) is 6.20 Å². The average Bonchev–Trinajstić information content (AvgIpc) is 2.52.